The minimum Gasteiger partial charge on any atom is -0.444 e. The van der Waals surface area contributed by atoms with E-state index < -0.39 is 5.60 Å². The number of hydrogen-bond donors (Lipinski definition) is 3. The molecule has 164 valence electrons. The maximum Gasteiger partial charge on any atom is 0.407 e. The van der Waals surface area contributed by atoms with E-state index in [0.29, 0.717) is 18.6 Å². The lowest BCUT2D eigenvalue weighted by Crippen LogP contribution is -2.50. The maximum absolute atomic E-state index is 12.1. The molecular formula is C21H43N5O2. The Balaban J connectivity index is 2.60. The lowest BCUT2D eigenvalue weighted by molar-refractivity contribution is 0.0503. The molecule has 1 saturated heterocycles. The van der Waals surface area contributed by atoms with Crippen molar-refractivity contribution in [2.45, 2.75) is 97.9 Å². The number of alkyl carbamates (subject to hydrolysis) is 1. The predicted molar refractivity (Wildman–Crippen MR) is 117 cm³/mol. The van der Waals surface area contributed by atoms with Crippen LogP contribution in [0.4, 0.5) is 4.79 Å². The third kappa shape index (κ3) is 10.2. The van der Waals surface area contributed by atoms with Crippen LogP contribution in [0, 0.1) is 0 Å². The van der Waals surface area contributed by atoms with Gasteiger partial charge in [0.2, 0.25) is 0 Å². The van der Waals surface area contributed by atoms with Gasteiger partial charge in [0.25, 0.3) is 0 Å². The molecule has 7 nitrogen and oxygen atoms in total. The number of guanidine groups is 1. The van der Waals surface area contributed by atoms with E-state index in [-0.39, 0.29) is 12.1 Å². The first-order chi connectivity index (χ1) is 13.1. The first-order valence-corrected chi connectivity index (χ1v) is 10.9. The summed E-state index contributed by atoms with van der Waals surface area (Å²) in [7, 11) is 0. The second-order valence-electron chi connectivity index (χ2n) is 8.90. The smallest absolute Gasteiger partial charge is 0.407 e. The van der Waals surface area contributed by atoms with Crippen molar-refractivity contribution in [3.8, 4) is 0 Å². The Morgan fingerprint density at radius 1 is 1.21 bits per heavy atom. The van der Waals surface area contributed by atoms with Gasteiger partial charge in [0.15, 0.2) is 5.96 Å². The lowest BCUT2D eigenvalue weighted by atomic mass is 10.0. The zero-order valence-corrected chi connectivity index (χ0v) is 19.1. The van der Waals surface area contributed by atoms with Gasteiger partial charge in [-0.25, -0.2) is 4.79 Å². The van der Waals surface area contributed by atoms with Gasteiger partial charge in [0, 0.05) is 31.7 Å². The average molecular weight is 398 g/mol. The maximum atomic E-state index is 12.1. The van der Waals surface area contributed by atoms with Crippen molar-refractivity contribution in [3.63, 3.8) is 0 Å². The quantitative estimate of drug-likeness (QED) is 0.433. The molecule has 0 saturated carbocycles. The Morgan fingerprint density at radius 3 is 2.36 bits per heavy atom. The first kappa shape index (κ1) is 24.5. The number of likely N-dealkylation sites (tertiary alicyclic amines) is 1. The van der Waals surface area contributed by atoms with E-state index in [1.54, 1.807) is 0 Å². The van der Waals surface area contributed by atoms with E-state index in [4.69, 9.17) is 9.73 Å². The highest BCUT2D eigenvalue weighted by molar-refractivity contribution is 5.80. The fraction of sp³-hybridized carbons (Fsp3) is 0.905. The molecule has 1 heterocycles. The van der Waals surface area contributed by atoms with Gasteiger partial charge >= 0.3 is 6.09 Å². The normalized spacial score (nSPS) is 18.1. The highest BCUT2D eigenvalue weighted by atomic mass is 16.6. The molecule has 28 heavy (non-hydrogen) atoms. The second-order valence-corrected chi connectivity index (χ2v) is 8.90. The zero-order chi connectivity index (χ0) is 21.2. The first-order valence-electron chi connectivity index (χ1n) is 10.9. The number of amides is 1. The van der Waals surface area contributed by atoms with E-state index in [0.717, 1.165) is 51.3 Å². The van der Waals surface area contributed by atoms with E-state index in [1.165, 1.54) is 0 Å². The van der Waals surface area contributed by atoms with Crippen LogP contribution in [0.25, 0.3) is 0 Å². The SMILES string of the molecule is CCCC(CN=C(NCC)NC1CCN(C(C)C)CC1)NC(=O)OC(C)(C)C. The van der Waals surface area contributed by atoms with Crippen molar-refractivity contribution >= 4 is 12.1 Å². The molecule has 0 aromatic carbocycles. The molecule has 1 amide bonds. The summed E-state index contributed by atoms with van der Waals surface area (Å²) >= 11 is 0. The highest BCUT2D eigenvalue weighted by Gasteiger charge is 2.22. The van der Waals surface area contributed by atoms with Crippen molar-refractivity contribution < 1.29 is 9.53 Å². The zero-order valence-electron chi connectivity index (χ0n) is 19.1. The molecule has 1 rings (SSSR count). The number of carbonyl (C=O) groups is 1. The summed E-state index contributed by atoms with van der Waals surface area (Å²) in [6.45, 7) is 17.9. The summed E-state index contributed by atoms with van der Waals surface area (Å²) in [4.78, 5) is 19.4. The number of hydrogen-bond acceptors (Lipinski definition) is 4. The molecule has 7 heteroatoms. The number of piperidine rings is 1. The predicted octanol–water partition coefficient (Wildman–Crippen LogP) is 3.11. The minimum atomic E-state index is -0.495. The Hall–Kier alpha value is -1.50. The molecule has 0 radical (unpaired) electrons. The Morgan fingerprint density at radius 2 is 1.86 bits per heavy atom. The summed E-state index contributed by atoms with van der Waals surface area (Å²) in [6.07, 6.45) is 3.72. The van der Waals surface area contributed by atoms with E-state index in [9.17, 15) is 4.79 Å². The summed E-state index contributed by atoms with van der Waals surface area (Å²) in [6, 6.07) is 1.02. The summed E-state index contributed by atoms with van der Waals surface area (Å²) in [5, 5.41) is 9.87. The molecule has 1 aliphatic rings. The van der Waals surface area contributed by atoms with Crippen molar-refractivity contribution in [2.24, 2.45) is 4.99 Å². The number of aliphatic imine (C=N–C) groups is 1. The van der Waals surface area contributed by atoms with Crippen molar-refractivity contribution in [1.82, 2.24) is 20.9 Å². The van der Waals surface area contributed by atoms with Crippen LogP contribution in [0.1, 0.15) is 74.1 Å². The van der Waals surface area contributed by atoms with Crippen LogP contribution in [0.15, 0.2) is 4.99 Å². The molecule has 1 fully saturated rings. The van der Waals surface area contributed by atoms with Crippen LogP contribution < -0.4 is 16.0 Å². The van der Waals surface area contributed by atoms with Crippen molar-refractivity contribution in [2.75, 3.05) is 26.2 Å². The Labute approximate surface area is 172 Å². The molecule has 1 unspecified atom stereocenters. The number of rotatable bonds is 8. The lowest BCUT2D eigenvalue weighted by Gasteiger charge is -2.35. The molecule has 0 bridgehead atoms. The van der Waals surface area contributed by atoms with E-state index in [1.807, 2.05) is 20.8 Å². The molecule has 0 aromatic heterocycles. The summed E-state index contributed by atoms with van der Waals surface area (Å²) in [5.41, 5.74) is -0.495. The van der Waals surface area contributed by atoms with Crippen LogP contribution in [0.2, 0.25) is 0 Å². The summed E-state index contributed by atoms with van der Waals surface area (Å²) < 4.78 is 5.39. The van der Waals surface area contributed by atoms with Gasteiger partial charge in [0.1, 0.15) is 5.60 Å². The standard InChI is InChI=1S/C21H43N5O2/c1-8-10-18(25-20(27)28-21(5,6)7)15-23-19(22-9-2)24-17-11-13-26(14-12-17)16(3)4/h16-18H,8-15H2,1-7H3,(H,25,27)(H2,22,23,24). The van der Waals surface area contributed by atoms with Crippen LogP contribution >= 0.6 is 0 Å². The molecule has 0 aliphatic carbocycles. The molecule has 0 aromatic rings. The fourth-order valence-corrected chi connectivity index (χ4v) is 3.31. The van der Waals surface area contributed by atoms with Crippen molar-refractivity contribution in [1.29, 1.82) is 0 Å². The van der Waals surface area contributed by atoms with E-state index in [2.05, 4.69) is 48.5 Å². The monoisotopic (exact) mass is 397 g/mol. The Bertz CT molecular complexity index is 480. The second kappa shape index (κ2) is 12.1. The van der Waals surface area contributed by atoms with Crippen LogP contribution in [-0.2, 0) is 4.74 Å². The largest absolute Gasteiger partial charge is 0.444 e. The minimum absolute atomic E-state index is 0.0295. The van der Waals surface area contributed by atoms with Crippen LogP contribution in [0.5, 0.6) is 0 Å². The number of ether oxygens (including phenoxy) is 1. The highest BCUT2D eigenvalue weighted by Crippen LogP contribution is 2.13. The third-order valence-electron chi connectivity index (χ3n) is 4.77. The molecule has 3 N–H and O–H groups in total. The van der Waals surface area contributed by atoms with Crippen LogP contribution in [-0.4, -0.2) is 66.9 Å². The molecule has 0 spiro atoms. The fourth-order valence-electron chi connectivity index (χ4n) is 3.31. The molecule has 1 atom stereocenters. The van der Waals surface area contributed by atoms with Gasteiger partial charge in [-0.3, -0.25) is 4.99 Å². The third-order valence-corrected chi connectivity index (χ3v) is 4.77. The van der Waals surface area contributed by atoms with Gasteiger partial charge < -0.3 is 25.6 Å². The Kier molecular flexibility index (Phi) is 10.6. The van der Waals surface area contributed by atoms with Crippen molar-refractivity contribution in [3.05, 3.63) is 0 Å². The van der Waals surface area contributed by atoms with Gasteiger partial charge in [0.05, 0.1) is 12.6 Å². The molecular weight excluding hydrogens is 354 g/mol. The average Bonchev–Trinajstić information content (AvgIpc) is 2.58. The van der Waals surface area contributed by atoms with Gasteiger partial charge in [-0.2, -0.15) is 0 Å². The van der Waals surface area contributed by atoms with E-state index >= 15 is 0 Å². The summed E-state index contributed by atoms with van der Waals surface area (Å²) in [5.74, 6) is 0.831. The van der Waals surface area contributed by atoms with Gasteiger partial charge in [-0.05, 0) is 60.8 Å². The topological polar surface area (TPSA) is 78.0 Å². The number of carbonyl (C=O) groups excluding carboxylic acids is 1. The molecule has 1 aliphatic heterocycles. The van der Waals surface area contributed by atoms with Crippen LogP contribution in [0.3, 0.4) is 0 Å². The number of nitrogens with zero attached hydrogens (tertiary/aromatic N) is 2. The number of nitrogens with one attached hydrogen (secondary N) is 3. The van der Waals surface area contributed by atoms with Gasteiger partial charge in [-0.1, -0.05) is 13.3 Å². The van der Waals surface area contributed by atoms with Gasteiger partial charge in [-0.15, -0.1) is 0 Å².